The molecule has 0 aliphatic heterocycles. The maximum Gasteiger partial charge on any atom is 0.0667 e. The van der Waals surface area contributed by atoms with Gasteiger partial charge in [0.1, 0.15) is 0 Å². The quantitative estimate of drug-likeness (QED) is 0.800. The molecule has 1 fully saturated rings. The number of benzene rings is 1. The van der Waals surface area contributed by atoms with Gasteiger partial charge in [0.25, 0.3) is 0 Å². The maximum absolute atomic E-state index is 6.13. The molecule has 0 aromatic heterocycles. The van der Waals surface area contributed by atoms with Gasteiger partial charge in [-0.1, -0.05) is 25.4 Å². The highest BCUT2D eigenvalue weighted by molar-refractivity contribution is 9.10. The Morgan fingerprint density at radius 1 is 1.47 bits per heavy atom. The molecule has 0 radical (unpaired) electrons. The topological polar surface area (TPSA) is 21.3 Å². The van der Waals surface area contributed by atoms with Crippen LogP contribution < -0.4 is 5.32 Å². The summed E-state index contributed by atoms with van der Waals surface area (Å²) >= 11 is 9.54. The highest BCUT2D eigenvalue weighted by atomic mass is 79.9. The first-order chi connectivity index (χ1) is 9.01. The Kier molecular flexibility index (Phi) is 4.80. The molecule has 19 heavy (non-hydrogen) atoms. The molecule has 1 aromatic carbocycles. The van der Waals surface area contributed by atoms with Gasteiger partial charge in [0.05, 0.1) is 11.1 Å². The Morgan fingerprint density at radius 3 is 2.79 bits per heavy atom. The predicted molar refractivity (Wildman–Crippen MR) is 85.0 cm³/mol. The van der Waals surface area contributed by atoms with E-state index in [4.69, 9.17) is 16.3 Å². The van der Waals surface area contributed by atoms with Crippen LogP contribution in [0.5, 0.6) is 0 Å². The van der Waals surface area contributed by atoms with Crippen LogP contribution in [-0.2, 0) is 4.74 Å². The minimum absolute atomic E-state index is 0.204. The fraction of sp³-hybridized carbons (Fsp3) is 0.600. The van der Waals surface area contributed by atoms with Crippen LogP contribution in [0.4, 0.5) is 5.69 Å². The molecule has 2 nitrogen and oxygen atoms in total. The van der Waals surface area contributed by atoms with Crippen molar-refractivity contribution in [2.45, 2.75) is 45.8 Å². The van der Waals surface area contributed by atoms with E-state index in [2.05, 4.69) is 48.1 Å². The molecule has 0 spiro atoms. The van der Waals surface area contributed by atoms with E-state index in [1.807, 2.05) is 12.1 Å². The molecule has 1 aromatic rings. The molecule has 0 bridgehead atoms. The van der Waals surface area contributed by atoms with Crippen LogP contribution in [0.25, 0.3) is 0 Å². The van der Waals surface area contributed by atoms with E-state index in [9.17, 15) is 0 Å². The third-order valence-corrected chi connectivity index (χ3v) is 5.60. The van der Waals surface area contributed by atoms with Crippen molar-refractivity contribution < 1.29 is 4.74 Å². The molecular weight excluding hydrogens is 326 g/mol. The lowest BCUT2D eigenvalue weighted by molar-refractivity contribution is -0.109. The minimum atomic E-state index is 0.204. The van der Waals surface area contributed by atoms with E-state index in [-0.39, 0.29) is 5.41 Å². The lowest BCUT2D eigenvalue weighted by Gasteiger charge is -2.54. The van der Waals surface area contributed by atoms with Crippen molar-refractivity contribution in [3.63, 3.8) is 0 Å². The van der Waals surface area contributed by atoms with Crippen LogP contribution in [-0.4, -0.2) is 18.8 Å². The number of nitrogens with one attached hydrogen (secondary N) is 1. The highest BCUT2D eigenvalue weighted by Crippen LogP contribution is 2.47. The summed E-state index contributed by atoms with van der Waals surface area (Å²) in [7, 11) is 0. The SMILES string of the molecule is CCOC1CC(Nc2ccc(Br)c(Cl)c2)C1(C)CC. The Balaban J connectivity index is 2.05. The fourth-order valence-corrected chi connectivity index (χ4v) is 3.19. The summed E-state index contributed by atoms with van der Waals surface area (Å²) in [6.45, 7) is 7.38. The average Bonchev–Trinajstić information content (AvgIpc) is 2.40. The average molecular weight is 347 g/mol. The molecule has 1 aliphatic carbocycles. The summed E-state index contributed by atoms with van der Waals surface area (Å²) in [4.78, 5) is 0. The van der Waals surface area contributed by atoms with Crippen LogP contribution in [0.2, 0.25) is 5.02 Å². The van der Waals surface area contributed by atoms with E-state index < -0.39 is 0 Å². The zero-order valence-corrected chi connectivity index (χ0v) is 14.0. The Morgan fingerprint density at radius 2 is 2.21 bits per heavy atom. The van der Waals surface area contributed by atoms with E-state index in [1.54, 1.807) is 0 Å². The van der Waals surface area contributed by atoms with Gasteiger partial charge in [-0.3, -0.25) is 0 Å². The van der Waals surface area contributed by atoms with Gasteiger partial charge < -0.3 is 10.1 Å². The summed E-state index contributed by atoms with van der Waals surface area (Å²) < 4.78 is 6.75. The lowest BCUT2D eigenvalue weighted by Crippen LogP contribution is -2.59. The molecule has 1 N–H and O–H groups in total. The second kappa shape index (κ2) is 6.02. The number of halogens is 2. The second-order valence-corrected chi connectivity index (χ2v) is 6.63. The third kappa shape index (κ3) is 2.93. The number of hydrogen-bond acceptors (Lipinski definition) is 2. The van der Waals surface area contributed by atoms with E-state index in [0.717, 1.165) is 34.6 Å². The Labute approximate surface area is 129 Å². The monoisotopic (exact) mass is 345 g/mol. The molecular formula is C15H21BrClNO. The second-order valence-electron chi connectivity index (χ2n) is 5.36. The van der Waals surface area contributed by atoms with Gasteiger partial charge in [0.2, 0.25) is 0 Å². The lowest BCUT2D eigenvalue weighted by atomic mass is 9.61. The fourth-order valence-electron chi connectivity index (χ4n) is 2.76. The molecule has 3 unspecified atom stereocenters. The molecule has 4 heteroatoms. The van der Waals surface area contributed by atoms with E-state index in [1.165, 1.54) is 0 Å². The number of hydrogen-bond donors (Lipinski definition) is 1. The summed E-state index contributed by atoms with van der Waals surface area (Å²) in [6, 6.07) is 6.45. The largest absolute Gasteiger partial charge is 0.382 e. The van der Waals surface area contributed by atoms with Gasteiger partial charge in [-0.2, -0.15) is 0 Å². The summed E-state index contributed by atoms with van der Waals surface area (Å²) in [5.41, 5.74) is 1.28. The van der Waals surface area contributed by atoms with E-state index in [0.29, 0.717) is 12.1 Å². The van der Waals surface area contributed by atoms with Crippen molar-refractivity contribution in [2.75, 3.05) is 11.9 Å². The molecule has 0 saturated heterocycles. The number of anilines is 1. The first kappa shape index (κ1) is 15.1. The first-order valence-corrected chi connectivity index (χ1v) is 8.01. The van der Waals surface area contributed by atoms with Crippen molar-refractivity contribution in [3.8, 4) is 0 Å². The summed E-state index contributed by atoms with van der Waals surface area (Å²) in [5.74, 6) is 0. The number of ether oxygens (including phenoxy) is 1. The van der Waals surface area contributed by atoms with Crippen LogP contribution in [0.3, 0.4) is 0 Å². The third-order valence-electron chi connectivity index (χ3n) is 4.37. The van der Waals surface area contributed by atoms with Crippen LogP contribution in [0, 0.1) is 5.41 Å². The van der Waals surface area contributed by atoms with Gasteiger partial charge >= 0.3 is 0 Å². The van der Waals surface area contributed by atoms with Crippen molar-refractivity contribution >= 4 is 33.2 Å². The van der Waals surface area contributed by atoms with Crippen molar-refractivity contribution in [3.05, 3.63) is 27.7 Å². The van der Waals surface area contributed by atoms with Crippen molar-refractivity contribution in [2.24, 2.45) is 5.41 Å². The van der Waals surface area contributed by atoms with E-state index >= 15 is 0 Å². The van der Waals surface area contributed by atoms with Gasteiger partial charge in [-0.25, -0.2) is 0 Å². The smallest absolute Gasteiger partial charge is 0.0667 e. The van der Waals surface area contributed by atoms with Crippen molar-refractivity contribution in [1.82, 2.24) is 0 Å². The molecule has 1 aliphatic rings. The normalized spacial score (nSPS) is 29.9. The standard InChI is InChI=1S/C15H21BrClNO/c1-4-15(3)13(9-14(15)19-5-2)18-10-6-7-11(16)12(17)8-10/h6-8,13-14,18H,4-5,9H2,1-3H3. The summed E-state index contributed by atoms with van der Waals surface area (Å²) in [6.07, 6.45) is 2.54. The molecule has 0 heterocycles. The maximum atomic E-state index is 6.13. The van der Waals surface area contributed by atoms with Gasteiger partial charge in [0.15, 0.2) is 0 Å². The molecule has 2 rings (SSSR count). The zero-order chi connectivity index (χ0) is 14.0. The minimum Gasteiger partial charge on any atom is -0.382 e. The van der Waals surface area contributed by atoms with Gasteiger partial charge in [0, 0.05) is 28.2 Å². The predicted octanol–water partition coefficient (Wildman–Crippen LogP) is 5.11. The van der Waals surface area contributed by atoms with Crippen molar-refractivity contribution in [1.29, 1.82) is 0 Å². The molecule has 3 atom stereocenters. The first-order valence-electron chi connectivity index (χ1n) is 6.84. The van der Waals surface area contributed by atoms with Gasteiger partial charge in [-0.05, 0) is 53.9 Å². The van der Waals surface area contributed by atoms with Crippen LogP contribution in [0.1, 0.15) is 33.6 Å². The van der Waals surface area contributed by atoms with Gasteiger partial charge in [-0.15, -0.1) is 0 Å². The highest BCUT2D eigenvalue weighted by Gasteiger charge is 2.51. The number of rotatable bonds is 5. The molecule has 1 saturated carbocycles. The van der Waals surface area contributed by atoms with Crippen LogP contribution >= 0.6 is 27.5 Å². The molecule has 0 amide bonds. The Bertz CT molecular complexity index is 454. The van der Waals surface area contributed by atoms with Crippen LogP contribution in [0.15, 0.2) is 22.7 Å². The summed E-state index contributed by atoms with van der Waals surface area (Å²) in [5, 5.41) is 4.33. The zero-order valence-electron chi connectivity index (χ0n) is 11.7. The molecule has 106 valence electrons. The Hall–Kier alpha value is -0.250.